The molecule has 1 aromatic rings. The molecule has 0 saturated heterocycles. The third kappa shape index (κ3) is 1.17. The summed E-state index contributed by atoms with van der Waals surface area (Å²) in [7, 11) is 0. The Bertz CT molecular complexity index is 147. The van der Waals surface area contributed by atoms with Crippen molar-refractivity contribution in [3.63, 3.8) is 0 Å². The van der Waals surface area contributed by atoms with Crippen LogP contribution in [0.3, 0.4) is 0 Å². The summed E-state index contributed by atoms with van der Waals surface area (Å²) in [6.45, 7) is 0. The van der Waals surface area contributed by atoms with Crippen LogP contribution in [-0.4, -0.2) is 4.98 Å². The van der Waals surface area contributed by atoms with Crippen molar-refractivity contribution in [3.8, 4) is 0 Å². The third-order valence-corrected chi connectivity index (χ3v) is 0.991. The SMILES string of the molecule is Clc1ncc(Br)o1. The molecule has 1 heterocycles. The summed E-state index contributed by atoms with van der Waals surface area (Å²) in [4.78, 5) is 3.57. The number of rotatable bonds is 0. The first-order chi connectivity index (χ1) is 3.29. The van der Waals surface area contributed by atoms with Gasteiger partial charge in [-0.2, -0.15) is 0 Å². The fourth-order valence-electron chi connectivity index (χ4n) is 0.235. The summed E-state index contributed by atoms with van der Waals surface area (Å²) in [6.07, 6.45) is 1.49. The maximum atomic E-state index is 5.25. The molecule has 38 valence electrons. The summed E-state index contributed by atoms with van der Waals surface area (Å²) >= 11 is 8.27. The molecule has 0 saturated carbocycles. The van der Waals surface area contributed by atoms with E-state index in [0.717, 1.165) is 0 Å². The predicted octanol–water partition coefficient (Wildman–Crippen LogP) is 2.09. The second kappa shape index (κ2) is 1.84. The van der Waals surface area contributed by atoms with Gasteiger partial charge in [0.1, 0.15) is 0 Å². The molecule has 0 N–H and O–H groups in total. The van der Waals surface area contributed by atoms with Gasteiger partial charge in [0, 0.05) is 0 Å². The molecule has 7 heavy (non-hydrogen) atoms. The molecule has 0 unspecified atom stereocenters. The van der Waals surface area contributed by atoms with Crippen molar-refractivity contribution in [3.05, 3.63) is 16.2 Å². The molecule has 0 aromatic carbocycles. The zero-order chi connectivity index (χ0) is 5.28. The minimum atomic E-state index is 0.159. The highest BCUT2D eigenvalue weighted by atomic mass is 79.9. The van der Waals surface area contributed by atoms with E-state index in [1.807, 2.05) is 0 Å². The van der Waals surface area contributed by atoms with Gasteiger partial charge in [-0.15, -0.1) is 0 Å². The Balaban J connectivity index is 3.04. The first kappa shape index (κ1) is 5.12. The highest BCUT2D eigenvalue weighted by Crippen LogP contribution is 2.13. The fraction of sp³-hybridized carbons (Fsp3) is 0. The van der Waals surface area contributed by atoms with E-state index in [-0.39, 0.29) is 5.35 Å². The minimum absolute atomic E-state index is 0.159. The van der Waals surface area contributed by atoms with Gasteiger partial charge < -0.3 is 4.42 Å². The molecule has 2 nitrogen and oxygen atoms in total. The molecule has 0 radical (unpaired) electrons. The standard InChI is InChI=1S/C3HBrClNO/c4-2-1-6-3(5)7-2/h1H. The molecule has 1 aromatic heterocycles. The van der Waals surface area contributed by atoms with Gasteiger partial charge in [0.2, 0.25) is 0 Å². The van der Waals surface area contributed by atoms with E-state index in [0.29, 0.717) is 4.67 Å². The summed E-state index contributed by atoms with van der Waals surface area (Å²) < 4.78 is 5.21. The highest BCUT2D eigenvalue weighted by molar-refractivity contribution is 9.10. The lowest BCUT2D eigenvalue weighted by atomic mass is 11.0. The first-order valence-corrected chi connectivity index (χ1v) is 2.73. The Morgan fingerprint density at radius 1 is 1.86 bits per heavy atom. The van der Waals surface area contributed by atoms with Crippen LogP contribution in [-0.2, 0) is 0 Å². The van der Waals surface area contributed by atoms with Crippen molar-refractivity contribution >= 4 is 27.5 Å². The molecule has 0 bridgehead atoms. The Morgan fingerprint density at radius 3 is 2.71 bits per heavy atom. The smallest absolute Gasteiger partial charge is 0.293 e. The van der Waals surface area contributed by atoms with E-state index in [4.69, 9.17) is 11.6 Å². The number of nitrogens with zero attached hydrogens (tertiary/aromatic N) is 1. The number of hydrogen-bond acceptors (Lipinski definition) is 2. The van der Waals surface area contributed by atoms with Gasteiger partial charge in [-0.3, -0.25) is 0 Å². The van der Waals surface area contributed by atoms with Crippen LogP contribution < -0.4 is 0 Å². The minimum Gasteiger partial charge on any atom is -0.421 e. The topological polar surface area (TPSA) is 26.0 Å². The van der Waals surface area contributed by atoms with Gasteiger partial charge in [0.15, 0.2) is 4.67 Å². The zero-order valence-electron chi connectivity index (χ0n) is 3.19. The van der Waals surface area contributed by atoms with Crippen LogP contribution in [0.25, 0.3) is 0 Å². The Hall–Kier alpha value is -0.0200. The van der Waals surface area contributed by atoms with Crippen molar-refractivity contribution in [1.29, 1.82) is 0 Å². The molecule has 0 spiro atoms. The monoisotopic (exact) mass is 181 g/mol. The number of oxazole rings is 1. The van der Waals surface area contributed by atoms with Crippen LogP contribution in [0.2, 0.25) is 5.35 Å². The van der Waals surface area contributed by atoms with Gasteiger partial charge in [-0.1, -0.05) is 0 Å². The molecule has 0 atom stereocenters. The van der Waals surface area contributed by atoms with Crippen LogP contribution in [0, 0.1) is 0 Å². The molecule has 0 aliphatic rings. The molecule has 0 aliphatic carbocycles. The summed E-state index contributed by atoms with van der Waals surface area (Å²) in [5, 5.41) is 0.159. The maximum Gasteiger partial charge on any atom is 0.293 e. The molecule has 4 heteroatoms. The van der Waals surface area contributed by atoms with E-state index in [1.54, 1.807) is 0 Å². The second-order valence-electron chi connectivity index (χ2n) is 0.917. The van der Waals surface area contributed by atoms with E-state index >= 15 is 0 Å². The van der Waals surface area contributed by atoms with E-state index in [2.05, 4.69) is 25.3 Å². The molecular formula is C3HBrClNO. The van der Waals surface area contributed by atoms with Gasteiger partial charge in [-0.25, -0.2) is 4.98 Å². The largest absolute Gasteiger partial charge is 0.421 e. The van der Waals surface area contributed by atoms with E-state index < -0.39 is 0 Å². The molecular weight excluding hydrogens is 181 g/mol. The molecule has 1 rings (SSSR count). The van der Waals surface area contributed by atoms with Crippen molar-refractivity contribution in [2.45, 2.75) is 0 Å². The Morgan fingerprint density at radius 2 is 2.57 bits per heavy atom. The van der Waals surface area contributed by atoms with Crippen LogP contribution in [0.4, 0.5) is 0 Å². The Kier molecular flexibility index (Phi) is 1.35. The summed E-state index contributed by atoms with van der Waals surface area (Å²) in [5.41, 5.74) is 0. The fourth-order valence-corrected chi connectivity index (χ4v) is 0.715. The third-order valence-electron chi connectivity index (χ3n) is 0.449. The number of halogens is 2. The van der Waals surface area contributed by atoms with Crippen LogP contribution in [0.1, 0.15) is 0 Å². The van der Waals surface area contributed by atoms with Gasteiger partial charge >= 0.3 is 0 Å². The van der Waals surface area contributed by atoms with Crippen molar-refractivity contribution in [2.24, 2.45) is 0 Å². The molecule has 0 amide bonds. The summed E-state index contributed by atoms with van der Waals surface area (Å²) in [6, 6.07) is 0. The summed E-state index contributed by atoms with van der Waals surface area (Å²) in [5.74, 6) is 0. The normalized spacial score (nSPS) is 9.43. The average molecular weight is 182 g/mol. The van der Waals surface area contributed by atoms with Crippen LogP contribution in [0.15, 0.2) is 15.3 Å². The lowest BCUT2D eigenvalue weighted by molar-refractivity contribution is 0.535. The lowest BCUT2D eigenvalue weighted by Gasteiger charge is -1.68. The van der Waals surface area contributed by atoms with Crippen LogP contribution >= 0.6 is 27.5 Å². The van der Waals surface area contributed by atoms with Crippen LogP contribution in [0.5, 0.6) is 0 Å². The predicted molar refractivity (Wildman–Crippen MR) is 29.2 cm³/mol. The lowest BCUT2D eigenvalue weighted by Crippen LogP contribution is -1.49. The van der Waals surface area contributed by atoms with Gasteiger partial charge in [0.25, 0.3) is 5.35 Å². The number of hydrogen-bond donors (Lipinski definition) is 0. The van der Waals surface area contributed by atoms with Crippen molar-refractivity contribution < 1.29 is 4.42 Å². The second-order valence-corrected chi connectivity index (χ2v) is 2.02. The highest BCUT2D eigenvalue weighted by Gasteiger charge is 1.92. The van der Waals surface area contributed by atoms with E-state index in [9.17, 15) is 0 Å². The number of aromatic nitrogens is 1. The zero-order valence-corrected chi connectivity index (χ0v) is 5.53. The Labute approximate surface area is 53.6 Å². The van der Waals surface area contributed by atoms with Crippen molar-refractivity contribution in [1.82, 2.24) is 4.98 Å². The van der Waals surface area contributed by atoms with Crippen molar-refractivity contribution in [2.75, 3.05) is 0 Å². The first-order valence-electron chi connectivity index (χ1n) is 1.56. The quantitative estimate of drug-likeness (QED) is 0.614. The maximum absolute atomic E-state index is 5.25. The van der Waals surface area contributed by atoms with Gasteiger partial charge in [0.05, 0.1) is 6.20 Å². The molecule has 0 aliphatic heterocycles. The average Bonchev–Trinajstić information content (AvgIpc) is 1.87. The van der Waals surface area contributed by atoms with Gasteiger partial charge in [-0.05, 0) is 27.5 Å². The molecule has 0 fully saturated rings. The van der Waals surface area contributed by atoms with E-state index in [1.165, 1.54) is 6.20 Å².